The van der Waals surface area contributed by atoms with E-state index in [4.69, 9.17) is 9.26 Å². The average molecular weight is 626 g/mol. The van der Waals surface area contributed by atoms with Gasteiger partial charge in [0, 0.05) is 31.8 Å². The first-order valence-corrected chi connectivity index (χ1v) is 14.0. The molecule has 0 aliphatic carbocycles. The number of ether oxygens (including phenoxy) is 3. The lowest BCUT2D eigenvalue weighted by atomic mass is 10.0. The molecule has 18 nitrogen and oxygen atoms in total. The Kier molecular flexibility index (Phi) is 14.9. The fourth-order valence-electron chi connectivity index (χ4n) is 4.09. The molecule has 1 aliphatic rings. The Labute approximate surface area is 241 Å². The van der Waals surface area contributed by atoms with E-state index >= 15 is 0 Å². The number of nitrogens with one attached hydrogen (secondary N) is 4. The van der Waals surface area contributed by atoms with Gasteiger partial charge >= 0.3 is 25.7 Å². The summed E-state index contributed by atoms with van der Waals surface area (Å²) in [6.45, 7) is 1.10. The van der Waals surface area contributed by atoms with Crippen LogP contribution in [-0.2, 0) is 39.0 Å². The molecule has 6 N–H and O–H groups in total. The van der Waals surface area contributed by atoms with E-state index in [-0.39, 0.29) is 32.4 Å². The maximum atomic E-state index is 13.0. The van der Waals surface area contributed by atoms with Gasteiger partial charge < -0.3 is 40.2 Å². The molecule has 1 aliphatic heterocycles. The van der Waals surface area contributed by atoms with Gasteiger partial charge in [0.15, 0.2) is 0 Å². The molecule has 1 aromatic rings. The normalized spacial score (nSPS) is 20.8. The molecule has 2 heterocycles. The Balaban J connectivity index is 0.00000882. The highest BCUT2D eigenvalue weighted by Crippen LogP contribution is 2.47. The molecule has 240 valence electrons. The van der Waals surface area contributed by atoms with E-state index in [0.29, 0.717) is 12.8 Å². The predicted molar refractivity (Wildman–Crippen MR) is 146 cm³/mol. The number of alkyl carbamates (subject to hydrolysis) is 2. The number of aromatic nitrogens is 2. The van der Waals surface area contributed by atoms with Crippen LogP contribution in [0.2, 0.25) is 0 Å². The summed E-state index contributed by atoms with van der Waals surface area (Å²) in [5, 5.41) is 17.0. The van der Waals surface area contributed by atoms with Crippen LogP contribution >= 0.6 is 7.82 Å². The summed E-state index contributed by atoms with van der Waals surface area (Å²) in [6.07, 6.45) is -3.10. The third-order valence-corrected chi connectivity index (χ3v) is 7.14. The van der Waals surface area contributed by atoms with Crippen LogP contribution in [-0.4, -0.2) is 96.4 Å². The molecule has 0 aromatic carbocycles. The molecule has 6 atom stereocenters. The molecule has 0 spiro atoms. The molecule has 1 fully saturated rings. The number of rotatable bonds is 14. The summed E-state index contributed by atoms with van der Waals surface area (Å²) in [5.41, 5.74) is -1.51. The second-order valence-electron chi connectivity index (χ2n) is 8.85. The first-order chi connectivity index (χ1) is 19.4. The topological polar surface area (TPSA) is 246 Å². The van der Waals surface area contributed by atoms with Gasteiger partial charge in [-0.1, -0.05) is 20.8 Å². The van der Waals surface area contributed by atoms with E-state index in [0.717, 1.165) is 25.9 Å². The van der Waals surface area contributed by atoms with Gasteiger partial charge in [0.05, 0.1) is 26.9 Å². The lowest BCUT2D eigenvalue weighted by molar-refractivity contribution is -0.123. The fraction of sp³-hybridized carbons (Fsp3) is 0.696. The van der Waals surface area contributed by atoms with Gasteiger partial charge in [0.1, 0.15) is 24.5 Å². The molecule has 42 heavy (non-hydrogen) atoms. The molecule has 1 saturated heterocycles. The van der Waals surface area contributed by atoms with Crippen LogP contribution in [0, 0.1) is 0 Å². The van der Waals surface area contributed by atoms with Crippen molar-refractivity contribution in [3.05, 3.63) is 32.6 Å². The van der Waals surface area contributed by atoms with Crippen LogP contribution in [0.1, 0.15) is 45.4 Å². The predicted octanol–water partition coefficient (Wildman–Crippen LogP) is -0.507. The van der Waals surface area contributed by atoms with Crippen LogP contribution in [0.15, 0.2) is 15.8 Å². The number of aromatic amines is 1. The van der Waals surface area contributed by atoms with Crippen LogP contribution in [0.3, 0.4) is 0 Å². The Morgan fingerprint density at radius 2 is 1.83 bits per heavy atom. The molecule has 1 aromatic heterocycles. The highest BCUT2D eigenvalue weighted by molar-refractivity contribution is 7.47. The quantitative estimate of drug-likeness (QED) is 0.143. The molecule has 3 amide bonds. The lowest BCUT2D eigenvalue weighted by Crippen LogP contribution is -2.58. The molecule has 2 rings (SSSR count). The summed E-state index contributed by atoms with van der Waals surface area (Å²) < 4.78 is 37.0. The molecule has 19 heteroatoms. The summed E-state index contributed by atoms with van der Waals surface area (Å²) in [6, 6.07) is -2.10. The zero-order chi connectivity index (χ0) is 30.7. The van der Waals surface area contributed by atoms with E-state index in [1.165, 1.54) is 6.20 Å². The van der Waals surface area contributed by atoms with Gasteiger partial charge in [-0.05, 0) is 12.8 Å². The van der Waals surface area contributed by atoms with Crippen LogP contribution in [0.4, 0.5) is 9.59 Å². The largest absolute Gasteiger partial charge is 0.472 e. The average Bonchev–Trinajstić information content (AvgIpc) is 3.33. The van der Waals surface area contributed by atoms with Gasteiger partial charge in [-0.2, -0.15) is 0 Å². The molecule has 0 bridgehead atoms. The second-order valence-corrected chi connectivity index (χ2v) is 10.4. The van der Waals surface area contributed by atoms with Crippen molar-refractivity contribution in [2.24, 2.45) is 0 Å². The van der Waals surface area contributed by atoms with Crippen molar-refractivity contribution in [3.63, 3.8) is 0 Å². The van der Waals surface area contributed by atoms with Crippen LogP contribution < -0.4 is 27.2 Å². The molecule has 3 unspecified atom stereocenters. The summed E-state index contributed by atoms with van der Waals surface area (Å²) in [4.78, 5) is 73.4. The number of methoxy groups -OCH3 is 2. The van der Waals surface area contributed by atoms with Crippen molar-refractivity contribution < 1.29 is 52.2 Å². The fourth-order valence-corrected chi connectivity index (χ4v) is 4.74. The Bertz CT molecular complexity index is 1220. The smallest absolute Gasteiger partial charge is 0.453 e. The van der Waals surface area contributed by atoms with Crippen molar-refractivity contribution in [1.82, 2.24) is 25.5 Å². The van der Waals surface area contributed by atoms with Gasteiger partial charge in [-0.25, -0.2) is 18.9 Å². The van der Waals surface area contributed by atoms with Crippen molar-refractivity contribution in [1.29, 1.82) is 0 Å². The van der Waals surface area contributed by atoms with Crippen molar-refractivity contribution in [3.8, 4) is 0 Å². The van der Waals surface area contributed by atoms with Crippen LogP contribution in [0.5, 0.6) is 0 Å². The minimum absolute atomic E-state index is 0. The number of aliphatic hydroxyl groups is 1. The highest BCUT2D eigenvalue weighted by atomic mass is 31.2. The van der Waals surface area contributed by atoms with E-state index in [9.17, 15) is 38.5 Å². The molecule has 0 radical (unpaired) electrons. The minimum Gasteiger partial charge on any atom is -0.453 e. The number of nitrogens with zero attached hydrogens (tertiary/aromatic N) is 1. The number of phosphoric ester groups is 1. The Morgan fingerprint density at radius 1 is 1.19 bits per heavy atom. The summed E-state index contributed by atoms with van der Waals surface area (Å²) >= 11 is 0. The third-order valence-electron chi connectivity index (χ3n) is 6.14. The number of hydrogen-bond donors (Lipinski definition) is 6. The number of H-pyrrole nitrogens is 1. The maximum absolute atomic E-state index is 13.0. The number of carbonyl (C=O) groups is 3. The first-order valence-electron chi connectivity index (χ1n) is 12.5. The third kappa shape index (κ3) is 10.2. The lowest BCUT2D eigenvalue weighted by Gasteiger charge is -2.27. The van der Waals surface area contributed by atoms with Crippen LogP contribution in [0.25, 0.3) is 0 Å². The van der Waals surface area contributed by atoms with E-state index in [2.05, 4.69) is 34.9 Å². The molecular formula is C23H40N5O13P. The zero-order valence-corrected chi connectivity index (χ0v) is 23.9. The SMILES string of the molecule is C.CCCC(NC(=O)OC)C(NC(=O)OC)C(=O)NCCc1cn([C@@H]2C[C@H](OP(=O)(O)OC)[C@H](CO)O2)c(=O)[nH]c1=O. The second kappa shape index (κ2) is 17.0. The van der Waals surface area contributed by atoms with Gasteiger partial charge in [-0.3, -0.25) is 28.2 Å². The minimum atomic E-state index is -4.43. The van der Waals surface area contributed by atoms with Gasteiger partial charge in [-0.15, -0.1) is 0 Å². The highest BCUT2D eigenvalue weighted by Gasteiger charge is 2.41. The van der Waals surface area contributed by atoms with Gasteiger partial charge in [0.25, 0.3) is 5.56 Å². The monoisotopic (exact) mass is 625 g/mol. The summed E-state index contributed by atoms with van der Waals surface area (Å²) in [7, 11) is -1.20. The molecular weight excluding hydrogens is 585 g/mol. The number of hydrogen-bond acceptors (Lipinski definition) is 12. The number of phosphoric acid groups is 1. The number of carbonyl (C=O) groups excluding carboxylic acids is 3. The first kappa shape index (κ1) is 36.7. The molecule has 0 saturated carbocycles. The summed E-state index contributed by atoms with van der Waals surface area (Å²) in [5.74, 6) is -0.688. The Hall–Kier alpha value is -3.28. The van der Waals surface area contributed by atoms with E-state index in [1.807, 2.05) is 6.92 Å². The standard InChI is InChI=1S/C22H36N5O13P.CH4/c1-5-6-13(24-21(32)36-2)17(25-22(33)37-3)19(30)23-8-7-12-10-27(20(31)26-18(12)29)16-9-14(15(11-28)39-16)40-41(34,35)38-4;/h10,13-17,28H,5-9,11H2,1-4H3,(H,23,30)(H,24,32)(H,25,33)(H,34,35)(H,26,29,31);1H4/t13?,14-,15-,16-,17?;/m0./s1. The van der Waals surface area contributed by atoms with E-state index in [1.54, 1.807) is 0 Å². The number of aliphatic hydroxyl groups excluding tert-OH is 1. The van der Waals surface area contributed by atoms with Crippen molar-refractivity contribution >= 4 is 25.9 Å². The zero-order valence-electron chi connectivity index (χ0n) is 23.0. The van der Waals surface area contributed by atoms with Gasteiger partial charge in [0.2, 0.25) is 5.91 Å². The maximum Gasteiger partial charge on any atom is 0.472 e. The Morgan fingerprint density at radius 3 is 2.40 bits per heavy atom. The van der Waals surface area contributed by atoms with Crippen molar-refractivity contribution in [2.75, 3.05) is 34.5 Å². The number of amides is 3. The van der Waals surface area contributed by atoms with E-state index < -0.39 is 74.3 Å². The van der Waals surface area contributed by atoms with Crippen molar-refractivity contribution in [2.45, 2.75) is 70.6 Å².